The molecule has 1 N–H and O–H groups in total. The first-order chi connectivity index (χ1) is 8.31. The van der Waals surface area contributed by atoms with E-state index < -0.39 is 0 Å². The van der Waals surface area contributed by atoms with Crippen LogP contribution < -0.4 is 5.32 Å². The summed E-state index contributed by atoms with van der Waals surface area (Å²) in [5.41, 5.74) is 1.38. The number of nitrogens with one attached hydrogen (secondary N) is 1. The number of nitrogens with zero attached hydrogens (tertiary/aromatic N) is 2. The zero-order valence-corrected chi connectivity index (χ0v) is 10.7. The molecule has 1 aliphatic heterocycles. The highest BCUT2D eigenvalue weighted by Gasteiger charge is 2.32. The van der Waals surface area contributed by atoms with Gasteiger partial charge in [0.1, 0.15) is 0 Å². The van der Waals surface area contributed by atoms with Crippen molar-refractivity contribution in [3.05, 3.63) is 18.0 Å². The fourth-order valence-electron chi connectivity index (χ4n) is 3.57. The number of piperidine rings is 1. The monoisotopic (exact) mass is 233 g/mol. The van der Waals surface area contributed by atoms with Crippen LogP contribution in [0.5, 0.6) is 0 Å². The molecule has 0 spiro atoms. The van der Waals surface area contributed by atoms with Crippen LogP contribution in [0.15, 0.2) is 12.4 Å². The topological polar surface area (TPSA) is 29.9 Å². The van der Waals surface area contributed by atoms with Crippen molar-refractivity contribution in [1.29, 1.82) is 0 Å². The molecule has 1 saturated heterocycles. The van der Waals surface area contributed by atoms with Gasteiger partial charge >= 0.3 is 0 Å². The second-order valence-electron chi connectivity index (χ2n) is 5.80. The van der Waals surface area contributed by atoms with Crippen LogP contribution in [0, 0.1) is 5.92 Å². The summed E-state index contributed by atoms with van der Waals surface area (Å²) in [5, 5.41) is 8.10. The summed E-state index contributed by atoms with van der Waals surface area (Å²) >= 11 is 0. The number of fused-ring (bicyclic) bond motifs is 1. The van der Waals surface area contributed by atoms with Crippen molar-refractivity contribution in [2.75, 3.05) is 0 Å². The Morgan fingerprint density at radius 2 is 2.29 bits per heavy atom. The molecule has 0 amide bonds. The molecule has 2 fully saturated rings. The summed E-state index contributed by atoms with van der Waals surface area (Å²) in [6.45, 7) is 0. The van der Waals surface area contributed by atoms with Crippen LogP contribution in [0.25, 0.3) is 0 Å². The van der Waals surface area contributed by atoms with E-state index >= 15 is 0 Å². The average molecular weight is 233 g/mol. The summed E-state index contributed by atoms with van der Waals surface area (Å²) in [6.07, 6.45) is 13.7. The quantitative estimate of drug-likeness (QED) is 0.868. The van der Waals surface area contributed by atoms with Crippen LogP contribution >= 0.6 is 0 Å². The Balaban J connectivity index is 1.49. The van der Waals surface area contributed by atoms with Gasteiger partial charge in [0.2, 0.25) is 0 Å². The summed E-state index contributed by atoms with van der Waals surface area (Å²) in [7, 11) is 1.99. The van der Waals surface area contributed by atoms with Gasteiger partial charge in [0.25, 0.3) is 0 Å². The van der Waals surface area contributed by atoms with Gasteiger partial charge in [-0.3, -0.25) is 4.68 Å². The average Bonchev–Trinajstić information content (AvgIpc) is 2.94. The molecule has 94 valence electrons. The highest BCUT2D eigenvalue weighted by Crippen LogP contribution is 2.34. The molecule has 3 nitrogen and oxygen atoms in total. The third kappa shape index (κ3) is 2.54. The molecule has 1 aliphatic carbocycles. The predicted octanol–water partition coefficient (Wildman–Crippen LogP) is 2.27. The molecule has 3 rings (SSSR count). The van der Waals surface area contributed by atoms with E-state index in [9.17, 15) is 0 Å². The van der Waals surface area contributed by atoms with Crippen molar-refractivity contribution in [2.24, 2.45) is 13.0 Å². The molecule has 3 heteroatoms. The van der Waals surface area contributed by atoms with Gasteiger partial charge in [0, 0.05) is 25.3 Å². The molecule has 2 aliphatic rings. The van der Waals surface area contributed by atoms with Crippen LogP contribution in [0.4, 0.5) is 0 Å². The summed E-state index contributed by atoms with van der Waals surface area (Å²) in [4.78, 5) is 0. The van der Waals surface area contributed by atoms with E-state index in [1.807, 2.05) is 17.9 Å². The number of aryl methyl sites for hydroxylation is 2. The van der Waals surface area contributed by atoms with Crippen LogP contribution in [-0.2, 0) is 13.5 Å². The Bertz CT molecular complexity index is 371. The minimum Gasteiger partial charge on any atom is -0.311 e. The number of hydrogen-bond acceptors (Lipinski definition) is 2. The van der Waals surface area contributed by atoms with Crippen molar-refractivity contribution in [3.63, 3.8) is 0 Å². The maximum absolute atomic E-state index is 4.23. The molecule has 1 aromatic heterocycles. The first-order valence-electron chi connectivity index (χ1n) is 7.05. The summed E-state index contributed by atoms with van der Waals surface area (Å²) in [5.74, 6) is 0.990. The molecule has 0 radical (unpaired) electrons. The standard InChI is InChI=1S/C14H23N3/c1-17-10-11(9-15-17)5-7-13-8-6-12-3-2-4-14(12)16-13/h9-10,12-14,16H,2-8H2,1H3. The smallest absolute Gasteiger partial charge is 0.0521 e. The molecule has 0 bridgehead atoms. The van der Waals surface area contributed by atoms with Crippen molar-refractivity contribution in [2.45, 2.75) is 57.0 Å². The second kappa shape index (κ2) is 4.81. The Morgan fingerprint density at radius 1 is 1.35 bits per heavy atom. The Hall–Kier alpha value is -0.830. The molecule has 3 atom stereocenters. The lowest BCUT2D eigenvalue weighted by atomic mass is 9.88. The fraction of sp³-hybridized carbons (Fsp3) is 0.786. The van der Waals surface area contributed by atoms with Crippen LogP contribution in [-0.4, -0.2) is 21.9 Å². The molecule has 1 aromatic rings. The molecular weight excluding hydrogens is 210 g/mol. The maximum Gasteiger partial charge on any atom is 0.0521 e. The largest absolute Gasteiger partial charge is 0.311 e. The van der Waals surface area contributed by atoms with Gasteiger partial charge in [-0.05, 0) is 50.0 Å². The molecule has 17 heavy (non-hydrogen) atoms. The predicted molar refractivity (Wildman–Crippen MR) is 68.8 cm³/mol. The molecular formula is C14H23N3. The number of hydrogen-bond donors (Lipinski definition) is 1. The van der Waals surface area contributed by atoms with Crippen LogP contribution in [0.3, 0.4) is 0 Å². The van der Waals surface area contributed by atoms with E-state index in [1.165, 1.54) is 50.5 Å². The van der Waals surface area contributed by atoms with Crippen molar-refractivity contribution in [1.82, 2.24) is 15.1 Å². The van der Waals surface area contributed by atoms with E-state index in [-0.39, 0.29) is 0 Å². The molecule has 3 unspecified atom stereocenters. The maximum atomic E-state index is 4.23. The zero-order chi connectivity index (χ0) is 11.7. The van der Waals surface area contributed by atoms with Gasteiger partial charge in [-0.25, -0.2) is 0 Å². The van der Waals surface area contributed by atoms with Gasteiger partial charge in [0.15, 0.2) is 0 Å². The Kier molecular flexibility index (Phi) is 3.19. The SMILES string of the molecule is Cn1cc(CCC2CCC3CCCC3N2)cn1. The third-order valence-electron chi connectivity index (χ3n) is 4.53. The van der Waals surface area contributed by atoms with Gasteiger partial charge in [-0.2, -0.15) is 5.10 Å². The molecule has 0 aromatic carbocycles. The van der Waals surface area contributed by atoms with Crippen molar-refractivity contribution >= 4 is 0 Å². The first kappa shape index (κ1) is 11.3. The highest BCUT2D eigenvalue weighted by molar-refractivity contribution is 5.04. The zero-order valence-electron chi connectivity index (χ0n) is 10.7. The van der Waals surface area contributed by atoms with Crippen molar-refractivity contribution in [3.8, 4) is 0 Å². The van der Waals surface area contributed by atoms with E-state index in [4.69, 9.17) is 0 Å². The Morgan fingerprint density at radius 3 is 3.12 bits per heavy atom. The third-order valence-corrected chi connectivity index (χ3v) is 4.53. The minimum atomic E-state index is 0.745. The van der Waals surface area contributed by atoms with Gasteiger partial charge in [-0.15, -0.1) is 0 Å². The van der Waals surface area contributed by atoms with Crippen LogP contribution in [0.1, 0.15) is 44.1 Å². The highest BCUT2D eigenvalue weighted by atomic mass is 15.2. The normalized spacial score (nSPS) is 32.6. The van der Waals surface area contributed by atoms with E-state index in [0.29, 0.717) is 0 Å². The number of rotatable bonds is 3. The number of aromatic nitrogens is 2. The molecule has 1 saturated carbocycles. The summed E-state index contributed by atoms with van der Waals surface area (Å²) in [6, 6.07) is 1.58. The second-order valence-corrected chi connectivity index (χ2v) is 5.80. The van der Waals surface area contributed by atoms with E-state index in [1.54, 1.807) is 0 Å². The minimum absolute atomic E-state index is 0.745. The van der Waals surface area contributed by atoms with Gasteiger partial charge in [0.05, 0.1) is 6.20 Å². The lowest BCUT2D eigenvalue weighted by Gasteiger charge is -2.33. The fourth-order valence-corrected chi connectivity index (χ4v) is 3.57. The van der Waals surface area contributed by atoms with Crippen LogP contribution in [0.2, 0.25) is 0 Å². The van der Waals surface area contributed by atoms with Gasteiger partial charge in [-0.1, -0.05) is 6.42 Å². The van der Waals surface area contributed by atoms with E-state index in [2.05, 4.69) is 16.6 Å². The summed E-state index contributed by atoms with van der Waals surface area (Å²) < 4.78 is 1.90. The molecule has 2 heterocycles. The van der Waals surface area contributed by atoms with E-state index in [0.717, 1.165) is 18.0 Å². The Labute approximate surface area is 104 Å². The first-order valence-corrected chi connectivity index (χ1v) is 7.05. The van der Waals surface area contributed by atoms with Crippen molar-refractivity contribution < 1.29 is 0 Å². The lowest BCUT2D eigenvalue weighted by molar-refractivity contribution is 0.250. The van der Waals surface area contributed by atoms with Gasteiger partial charge < -0.3 is 5.32 Å². The lowest BCUT2D eigenvalue weighted by Crippen LogP contribution is -2.45.